The monoisotopic (exact) mass is 425 g/mol. The summed E-state index contributed by atoms with van der Waals surface area (Å²) in [5, 5.41) is 12.3. The minimum atomic E-state index is -0.445. The van der Waals surface area contributed by atoms with Gasteiger partial charge in [0.15, 0.2) is 5.78 Å². The Kier molecular flexibility index (Phi) is 6.26. The van der Waals surface area contributed by atoms with Crippen molar-refractivity contribution in [2.45, 2.75) is 19.8 Å². The van der Waals surface area contributed by atoms with E-state index in [0.717, 1.165) is 27.5 Å². The molecular weight excluding hydrogens is 402 g/mol. The molecule has 5 heteroatoms. The Morgan fingerprint density at radius 1 is 0.812 bits per heavy atom. The molecule has 32 heavy (non-hydrogen) atoms. The number of aromatic nitrogens is 1. The number of carbonyl (C=O) groups is 2. The zero-order valence-electron chi connectivity index (χ0n) is 17.7. The van der Waals surface area contributed by atoms with Gasteiger partial charge >= 0.3 is 5.97 Å². The summed E-state index contributed by atoms with van der Waals surface area (Å²) in [6, 6.07) is 25.4. The third-order valence-electron chi connectivity index (χ3n) is 5.28. The van der Waals surface area contributed by atoms with Crippen LogP contribution in [0.3, 0.4) is 0 Å². The summed E-state index contributed by atoms with van der Waals surface area (Å²) in [5.41, 5.74) is 3.62. The first-order chi connectivity index (χ1) is 15.6. The molecule has 3 aromatic carbocycles. The quantitative estimate of drug-likeness (QED) is 0.299. The molecule has 160 valence electrons. The Morgan fingerprint density at radius 2 is 1.47 bits per heavy atom. The number of hydrogen-bond acceptors (Lipinski definition) is 5. The fourth-order valence-corrected chi connectivity index (χ4v) is 3.77. The van der Waals surface area contributed by atoms with Crippen molar-refractivity contribution in [3.63, 3.8) is 0 Å². The number of rotatable bonds is 7. The molecule has 5 nitrogen and oxygen atoms in total. The number of aromatic hydroxyl groups is 1. The lowest BCUT2D eigenvalue weighted by Gasteiger charge is -2.13. The molecule has 1 N–H and O–H groups in total. The zero-order valence-corrected chi connectivity index (χ0v) is 17.7. The van der Waals surface area contributed by atoms with Crippen LogP contribution in [-0.4, -0.2) is 28.4 Å². The van der Waals surface area contributed by atoms with E-state index in [9.17, 15) is 14.7 Å². The minimum absolute atomic E-state index is 0.0389. The third kappa shape index (κ3) is 4.37. The van der Waals surface area contributed by atoms with E-state index in [4.69, 9.17) is 4.74 Å². The van der Waals surface area contributed by atoms with Gasteiger partial charge in [-0.15, -0.1) is 0 Å². The summed E-state index contributed by atoms with van der Waals surface area (Å²) < 4.78 is 4.87. The lowest BCUT2D eigenvalue weighted by molar-refractivity contribution is -0.143. The van der Waals surface area contributed by atoms with Gasteiger partial charge in [0.25, 0.3) is 0 Å². The number of ketones is 1. The molecule has 0 aliphatic carbocycles. The van der Waals surface area contributed by atoms with Crippen molar-refractivity contribution < 1.29 is 19.4 Å². The zero-order chi connectivity index (χ0) is 22.5. The second-order valence-electron chi connectivity index (χ2n) is 7.36. The summed E-state index contributed by atoms with van der Waals surface area (Å²) in [6.45, 7) is 1.97. The maximum Gasteiger partial charge on any atom is 0.306 e. The van der Waals surface area contributed by atoms with Gasteiger partial charge in [0, 0.05) is 12.0 Å². The second kappa shape index (κ2) is 9.43. The van der Waals surface area contributed by atoms with Gasteiger partial charge in [0.1, 0.15) is 11.4 Å². The van der Waals surface area contributed by atoms with Crippen LogP contribution in [0.15, 0.2) is 78.9 Å². The standard InChI is InChI=1S/C27H23NO4/c1-2-32-26(31)17-16-25(30)27-24(29)15-14-23(28-27)22-13-12-19(18-8-4-3-5-9-18)20-10-6-7-11-21(20)22/h3-15,29H,2,16-17H2,1H3. The molecule has 0 saturated carbocycles. The fourth-order valence-electron chi connectivity index (χ4n) is 3.77. The van der Waals surface area contributed by atoms with Crippen LogP contribution in [0.1, 0.15) is 30.3 Å². The van der Waals surface area contributed by atoms with Gasteiger partial charge in [-0.3, -0.25) is 9.59 Å². The number of fused-ring (bicyclic) bond motifs is 1. The van der Waals surface area contributed by atoms with Crippen LogP contribution < -0.4 is 0 Å². The third-order valence-corrected chi connectivity index (χ3v) is 5.28. The highest BCUT2D eigenvalue weighted by Gasteiger charge is 2.18. The molecule has 4 aromatic rings. The van der Waals surface area contributed by atoms with Crippen LogP contribution in [0, 0.1) is 0 Å². The number of hydrogen-bond donors (Lipinski definition) is 1. The van der Waals surface area contributed by atoms with E-state index in [1.54, 1.807) is 13.0 Å². The van der Waals surface area contributed by atoms with Gasteiger partial charge in [-0.05, 0) is 41.0 Å². The number of ether oxygens (including phenoxy) is 1. The van der Waals surface area contributed by atoms with E-state index in [1.807, 2.05) is 48.5 Å². The van der Waals surface area contributed by atoms with Crippen LogP contribution in [0.25, 0.3) is 33.2 Å². The Balaban J connectivity index is 1.73. The SMILES string of the molecule is CCOC(=O)CCC(=O)c1nc(-c2ccc(-c3ccccc3)c3ccccc23)ccc1O. The average Bonchev–Trinajstić information content (AvgIpc) is 2.83. The predicted molar refractivity (Wildman–Crippen MR) is 124 cm³/mol. The Labute approximate surface area is 186 Å². The largest absolute Gasteiger partial charge is 0.506 e. The van der Waals surface area contributed by atoms with Crippen molar-refractivity contribution in [2.75, 3.05) is 6.61 Å². The number of esters is 1. The van der Waals surface area contributed by atoms with Crippen molar-refractivity contribution >= 4 is 22.5 Å². The van der Waals surface area contributed by atoms with Gasteiger partial charge < -0.3 is 9.84 Å². The van der Waals surface area contributed by atoms with E-state index in [2.05, 4.69) is 23.2 Å². The van der Waals surface area contributed by atoms with Crippen LogP contribution in [-0.2, 0) is 9.53 Å². The first kappa shape index (κ1) is 21.2. The van der Waals surface area contributed by atoms with Gasteiger partial charge in [-0.25, -0.2) is 4.98 Å². The molecule has 0 radical (unpaired) electrons. The van der Waals surface area contributed by atoms with Gasteiger partial charge in [-0.2, -0.15) is 0 Å². The Morgan fingerprint density at radius 3 is 2.19 bits per heavy atom. The predicted octanol–water partition coefficient (Wildman–Crippen LogP) is 5.80. The van der Waals surface area contributed by atoms with Gasteiger partial charge in [0.2, 0.25) is 0 Å². The van der Waals surface area contributed by atoms with Crippen LogP contribution in [0.5, 0.6) is 5.75 Å². The number of nitrogens with zero attached hydrogens (tertiary/aromatic N) is 1. The smallest absolute Gasteiger partial charge is 0.306 e. The summed E-state index contributed by atoms with van der Waals surface area (Å²) >= 11 is 0. The lowest BCUT2D eigenvalue weighted by atomic mass is 9.93. The van der Waals surface area contributed by atoms with Crippen molar-refractivity contribution in [1.29, 1.82) is 0 Å². The second-order valence-corrected chi connectivity index (χ2v) is 7.36. The number of pyridine rings is 1. The molecule has 0 fully saturated rings. The van der Waals surface area contributed by atoms with E-state index in [1.165, 1.54) is 6.07 Å². The summed E-state index contributed by atoms with van der Waals surface area (Å²) in [4.78, 5) is 28.7. The molecule has 0 bridgehead atoms. The fraction of sp³-hybridized carbons (Fsp3) is 0.148. The summed E-state index contributed by atoms with van der Waals surface area (Å²) in [5.74, 6) is -1.05. The molecule has 0 unspecified atom stereocenters. The normalized spacial score (nSPS) is 10.8. The highest BCUT2D eigenvalue weighted by Crippen LogP contribution is 2.35. The molecule has 0 spiro atoms. The molecule has 1 heterocycles. The topological polar surface area (TPSA) is 76.5 Å². The Hall–Kier alpha value is -3.99. The maximum absolute atomic E-state index is 12.6. The van der Waals surface area contributed by atoms with Crippen LogP contribution >= 0.6 is 0 Å². The number of benzene rings is 3. The number of carbonyl (C=O) groups excluding carboxylic acids is 2. The van der Waals surface area contributed by atoms with E-state index >= 15 is 0 Å². The first-order valence-corrected chi connectivity index (χ1v) is 10.5. The molecule has 0 atom stereocenters. The molecule has 0 aliphatic heterocycles. The summed E-state index contributed by atoms with van der Waals surface area (Å²) in [7, 11) is 0. The first-order valence-electron chi connectivity index (χ1n) is 10.5. The molecule has 0 amide bonds. The summed E-state index contributed by atoms with van der Waals surface area (Å²) in [6.07, 6.45) is -0.122. The van der Waals surface area contributed by atoms with Crippen molar-refractivity contribution in [2.24, 2.45) is 0 Å². The van der Waals surface area contributed by atoms with Crippen molar-refractivity contribution in [3.8, 4) is 28.1 Å². The van der Waals surface area contributed by atoms with Crippen LogP contribution in [0.4, 0.5) is 0 Å². The minimum Gasteiger partial charge on any atom is -0.506 e. The van der Waals surface area contributed by atoms with E-state index in [0.29, 0.717) is 5.69 Å². The van der Waals surface area contributed by atoms with Crippen molar-refractivity contribution in [1.82, 2.24) is 4.98 Å². The van der Waals surface area contributed by atoms with Crippen LogP contribution in [0.2, 0.25) is 0 Å². The van der Waals surface area contributed by atoms with E-state index < -0.39 is 11.8 Å². The van der Waals surface area contributed by atoms with Gasteiger partial charge in [-0.1, -0.05) is 66.7 Å². The Bertz CT molecular complexity index is 1280. The highest BCUT2D eigenvalue weighted by atomic mass is 16.5. The molecule has 0 saturated heterocycles. The molecule has 1 aromatic heterocycles. The lowest BCUT2D eigenvalue weighted by Crippen LogP contribution is -2.09. The van der Waals surface area contributed by atoms with Crippen molar-refractivity contribution in [3.05, 3.63) is 84.6 Å². The number of Topliss-reactive ketones (excluding diaryl/α,β-unsaturated/α-hetero) is 1. The highest BCUT2D eigenvalue weighted by molar-refractivity contribution is 6.05. The van der Waals surface area contributed by atoms with Gasteiger partial charge in [0.05, 0.1) is 18.7 Å². The van der Waals surface area contributed by atoms with E-state index in [-0.39, 0.29) is 30.9 Å². The maximum atomic E-state index is 12.6. The average molecular weight is 425 g/mol. The molecule has 0 aliphatic rings. The molecular formula is C27H23NO4. The molecule has 4 rings (SSSR count).